The molecule has 1 fully saturated rings. The molecule has 1 aliphatic rings. The number of para-hydroxylation sites is 3. The van der Waals surface area contributed by atoms with Gasteiger partial charge >= 0.3 is 22.6 Å². The van der Waals surface area contributed by atoms with E-state index in [4.69, 9.17) is 0 Å². The first kappa shape index (κ1) is 14.8. The molecule has 0 saturated carbocycles. The third-order valence-electron chi connectivity index (χ3n) is 3.91. The van der Waals surface area contributed by atoms with Gasteiger partial charge in [-0.3, -0.25) is 0 Å². The van der Waals surface area contributed by atoms with Crippen LogP contribution in [0.2, 0.25) is 0 Å². The summed E-state index contributed by atoms with van der Waals surface area (Å²) < 4.78 is 6.38. The molecule has 3 nitrogen and oxygen atoms in total. The van der Waals surface area contributed by atoms with Crippen LogP contribution in [-0.4, -0.2) is 22.6 Å². The van der Waals surface area contributed by atoms with Crippen LogP contribution in [0.15, 0.2) is 91.0 Å². The second kappa shape index (κ2) is 6.79. The van der Waals surface area contributed by atoms with E-state index in [2.05, 4.69) is 110 Å². The molecule has 4 rings (SSSR count). The van der Waals surface area contributed by atoms with E-state index in [1.54, 1.807) is 0 Å². The molecule has 1 heterocycles. The molecule has 0 aliphatic carbocycles. The molecule has 1 saturated heterocycles. The van der Waals surface area contributed by atoms with Crippen molar-refractivity contribution in [1.29, 1.82) is 0 Å². The van der Waals surface area contributed by atoms with E-state index in [0.717, 1.165) is 17.1 Å². The van der Waals surface area contributed by atoms with Crippen LogP contribution in [0.5, 0.6) is 0 Å². The lowest BCUT2D eigenvalue weighted by molar-refractivity contribution is 1.36. The fourth-order valence-electron chi connectivity index (χ4n) is 2.69. The summed E-state index contributed by atoms with van der Waals surface area (Å²) in [6, 6.07) is 31.0. The molecule has 6 heteroatoms. The Morgan fingerprint density at radius 2 is 0.625 bits per heavy atom. The van der Waals surface area contributed by atoms with Gasteiger partial charge in [0, 0.05) is 17.1 Å². The minimum absolute atomic E-state index is 1.12. The molecule has 0 spiro atoms. The zero-order valence-electron chi connectivity index (χ0n) is 13.2. The summed E-state index contributed by atoms with van der Waals surface area (Å²) in [4.78, 5) is 0. The number of hydrogen-bond acceptors (Lipinski definition) is 3. The van der Waals surface area contributed by atoms with Gasteiger partial charge in [0.05, 0.1) is 0 Å². The Morgan fingerprint density at radius 3 is 0.875 bits per heavy atom. The number of anilines is 3. The van der Waals surface area contributed by atoms with Crippen molar-refractivity contribution < 1.29 is 0 Å². The molecule has 0 atom stereocenters. The molecule has 1 aliphatic heterocycles. The van der Waals surface area contributed by atoms with Gasteiger partial charge in [0.1, 0.15) is 0 Å². The Hall–Kier alpha value is -2.75. The van der Waals surface area contributed by atoms with Gasteiger partial charge in [0.2, 0.25) is 0 Å². The Labute approximate surface area is 145 Å². The lowest BCUT2D eigenvalue weighted by Gasteiger charge is -2.42. The summed E-state index contributed by atoms with van der Waals surface area (Å²) in [5.41, 5.74) is 3.35. The fourth-order valence-corrected chi connectivity index (χ4v) is 2.69. The van der Waals surface area contributed by atoms with Crippen molar-refractivity contribution in [2.75, 3.05) is 14.2 Å². The first-order valence-electron chi connectivity index (χ1n) is 7.95. The van der Waals surface area contributed by atoms with Crippen LogP contribution >= 0.6 is 0 Å². The van der Waals surface area contributed by atoms with Crippen LogP contribution in [0.4, 0.5) is 17.1 Å². The average molecular weight is 306 g/mol. The topological polar surface area (TPSA) is 9.72 Å². The van der Waals surface area contributed by atoms with Crippen LogP contribution < -0.4 is 14.2 Å². The zero-order valence-corrected chi connectivity index (χ0v) is 13.2. The highest BCUT2D eigenvalue weighted by Crippen LogP contribution is 2.23. The van der Waals surface area contributed by atoms with Crippen molar-refractivity contribution >= 4 is 39.7 Å². The van der Waals surface area contributed by atoms with Crippen molar-refractivity contribution in [2.24, 2.45) is 0 Å². The van der Waals surface area contributed by atoms with Crippen molar-refractivity contribution in [3.63, 3.8) is 0 Å². The molecular formula is C18H15B3N3. The van der Waals surface area contributed by atoms with Gasteiger partial charge in [0.15, 0.2) is 0 Å². The quantitative estimate of drug-likeness (QED) is 0.688. The van der Waals surface area contributed by atoms with Gasteiger partial charge in [-0.25, -0.2) is 0 Å². The molecule has 0 aromatic heterocycles. The summed E-state index contributed by atoms with van der Waals surface area (Å²) in [6.45, 7) is 0. The van der Waals surface area contributed by atoms with Crippen LogP contribution in [0.3, 0.4) is 0 Å². The second-order valence-corrected chi connectivity index (χ2v) is 5.57. The Balaban J connectivity index is 1.66. The molecule has 0 N–H and O–H groups in total. The largest absolute Gasteiger partial charge is 0.431 e. The second-order valence-electron chi connectivity index (χ2n) is 5.57. The number of benzene rings is 3. The number of hydrogen-bond donors (Lipinski definition) is 0. The minimum atomic E-state index is 1.12. The molecule has 0 amide bonds. The smallest absolute Gasteiger partial charge is 0.365 e. The zero-order chi connectivity index (χ0) is 16.2. The van der Waals surface area contributed by atoms with E-state index < -0.39 is 0 Å². The fraction of sp³-hybridized carbons (Fsp3) is 0. The highest BCUT2D eigenvalue weighted by Gasteiger charge is 2.30. The van der Waals surface area contributed by atoms with E-state index in [1.807, 2.05) is 18.2 Å². The van der Waals surface area contributed by atoms with E-state index in [-0.39, 0.29) is 0 Å². The summed E-state index contributed by atoms with van der Waals surface area (Å²) in [7, 11) is 6.26. The van der Waals surface area contributed by atoms with Crippen LogP contribution in [-0.2, 0) is 0 Å². The van der Waals surface area contributed by atoms with E-state index in [0.29, 0.717) is 0 Å². The molecule has 111 valence electrons. The predicted molar refractivity (Wildman–Crippen MR) is 104 cm³/mol. The first-order chi connectivity index (χ1) is 11.9. The summed E-state index contributed by atoms with van der Waals surface area (Å²) >= 11 is 0. The van der Waals surface area contributed by atoms with E-state index in [1.165, 1.54) is 0 Å². The summed E-state index contributed by atoms with van der Waals surface area (Å²) in [6.07, 6.45) is 0. The van der Waals surface area contributed by atoms with E-state index >= 15 is 0 Å². The number of nitrogens with zero attached hydrogens (tertiary/aromatic N) is 3. The summed E-state index contributed by atoms with van der Waals surface area (Å²) in [5, 5.41) is 0. The molecular weight excluding hydrogens is 291 g/mol. The Kier molecular flexibility index (Phi) is 4.19. The SMILES string of the molecule is [B]1N(c2ccccc2)[B]N(c2ccccc2)[B]N1c1ccccc1. The van der Waals surface area contributed by atoms with E-state index in [9.17, 15) is 0 Å². The third kappa shape index (κ3) is 3.13. The standard InChI is InChI=1S/C18H15B3N3/c1-4-10-16(11-5-1)22-19-23(17-12-6-2-7-13-17)21-24(20-22)18-14-8-3-9-15-18/h1-15H. The first-order valence-corrected chi connectivity index (χ1v) is 7.95. The normalized spacial score (nSPS) is 13.8. The predicted octanol–water partition coefficient (Wildman–Crippen LogP) is 3.12. The van der Waals surface area contributed by atoms with Gasteiger partial charge in [0.25, 0.3) is 0 Å². The van der Waals surface area contributed by atoms with Crippen LogP contribution in [0.25, 0.3) is 0 Å². The minimum Gasteiger partial charge on any atom is -0.431 e. The lowest BCUT2D eigenvalue weighted by Crippen LogP contribution is -2.62. The lowest BCUT2D eigenvalue weighted by atomic mass is 9.72. The van der Waals surface area contributed by atoms with Gasteiger partial charge in [-0.2, -0.15) is 0 Å². The van der Waals surface area contributed by atoms with Crippen molar-refractivity contribution in [3.05, 3.63) is 91.0 Å². The van der Waals surface area contributed by atoms with Gasteiger partial charge < -0.3 is 14.2 Å². The van der Waals surface area contributed by atoms with Crippen LogP contribution in [0.1, 0.15) is 0 Å². The molecule has 24 heavy (non-hydrogen) atoms. The molecule has 3 radical (unpaired) electrons. The maximum absolute atomic E-state index is 2.12. The highest BCUT2D eigenvalue weighted by molar-refractivity contribution is 6.86. The molecule has 0 unspecified atom stereocenters. The Bertz CT molecular complexity index is 657. The highest BCUT2D eigenvalue weighted by atomic mass is 15.3. The van der Waals surface area contributed by atoms with Gasteiger partial charge in [-0.05, 0) is 36.4 Å². The van der Waals surface area contributed by atoms with Gasteiger partial charge in [-0.1, -0.05) is 54.6 Å². The van der Waals surface area contributed by atoms with Crippen LogP contribution in [0, 0.1) is 0 Å². The van der Waals surface area contributed by atoms with Gasteiger partial charge in [-0.15, -0.1) is 0 Å². The molecule has 3 aromatic rings. The number of rotatable bonds is 3. The van der Waals surface area contributed by atoms with Crippen molar-refractivity contribution in [3.8, 4) is 0 Å². The maximum atomic E-state index is 2.12. The Morgan fingerprint density at radius 1 is 0.375 bits per heavy atom. The average Bonchev–Trinajstić information content (AvgIpc) is 2.70. The maximum Gasteiger partial charge on any atom is 0.365 e. The third-order valence-corrected chi connectivity index (χ3v) is 3.91. The molecule has 3 aromatic carbocycles. The monoisotopic (exact) mass is 306 g/mol. The van der Waals surface area contributed by atoms with Crippen molar-refractivity contribution in [2.45, 2.75) is 0 Å². The van der Waals surface area contributed by atoms with Crippen molar-refractivity contribution in [1.82, 2.24) is 0 Å². The molecule has 0 bridgehead atoms. The summed E-state index contributed by atoms with van der Waals surface area (Å²) in [5.74, 6) is 0.